The molecule has 1 saturated heterocycles. The zero-order valence-corrected chi connectivity index (χ0v) is 32.3. The maximum Gasteiger partial charge on any atom is 0.289 e. The van der Waals surface area contributed by atoms with Crippen molar-refractivity contribution in [3.63, 3.8) is 0 Å². The minimum atomic E-state index is -0.994. The minimum Gasteiger partial charge on any atom is -0.347 e. The fourth-order valence-corrected chi connectivity index (χ4v) is 7.87. The van der Waals surface area contributed by atoms with E-state index >= 15 is 0 Å². The number of hydrogen-bond donors (Lipinski definition) is 4. The molecular weight excluding hydrogens is 739 g/mol. The van der Waals surface area contributed by atoms with Gasteiger partial charge < -0.3 is 26.2 Å². The minimum absolute atomic E-state index is 0. The van der Waals surface area contributed by atoms with Crippen LogP contribution in [0.25, 0.3) is 0 Å². The van der Waals surface area contributed by atoms with Crippen molar-refractivity contribution in [2.75, 3.05) is 6.54 Å². The van der Waals surface area contributed by atoms with E-state index in [4.69, 9.17) is 0 Å². The molecule has 316 valence electrons. The molecule has 3 saturated carbocycles. The third-order valence-corrected chi connectivity index (χ3v) is 10.7. The number of ketones is 1. The summed E-state index contributed by atoms with van der Waals surface area (Å²) in [6.45, 7) is 7.85. The number of hydrogen-bond acceptors (Lipinski definition) is 8. The van der Waals surface area contributed by atoms with E-state index in [1.54, 1.807) is 4.90 Å². The van der Waals surface area contributed by atoms with Crippen molar-refractivity contribution in [2.45, 2.75) is 165 Å². The molecule has 1 aromatic rings. The maximum atomic E-state index is 14.6. The Morgan fingerprint density at radius 2 is 1.49 bits per heavy atom. The van der Waals surface area contributed by atoms with Gasteiger partial charge in [-0.25, -0.2) is 4.98 Å². The van der Waals surface area contributed by atoms with Gasteiger partial charge in [-0.1, -0.05) is 89.5 Å². The first kappa shape index (κ1) is 53.9. The molecule has 5 rings (SSSR count). The Bertz CT molecular complexity index is 1400. The fraction of sp³-hybridized carbons (Fsp3) is 0.750. The van der Waals surface area contributed by atoms with Crippen molar-refractivity contribution < 1.29 is 28.8 Å². The average Bonchev–Trinajstić information content (AvgIpc) is 3.65. The van der Waals surface area contributed by atoms with Crippen molar-refractivity contribution in [1.82, 2.24) is 36.1 Å². The van der Waals surface area contributed by atoms with Crippen molar-refractivity contribution in [3.8, 4) is 0 Å². The molecule has 4 fully saturated rings. The van der Waals surface area contributed by atoms with Gasteiger partial charge in [0, 0.05) is 25.0 Å². The van der Waals surface area contributed by atoms with E-state index in [1.807, 2.05) is 27.7 Å². The summed E-state index contributed by atoms with van der Waals surface area (Å²) < 4.78 is 0. The number of rotatable bonds is 13. The van der Waals surface area contributed by atoms with Crippen molar-refractivity contribution in [2.24, 2.45) is 23.2 Å². The number of nitrogens with zero attached hydrogens (tertiary/aromatic N) is 3. The molecule has 0 unspecified atom stereocenters. The SMILES string of the molecule is C.C.C.C.CCC[C@H](NC(=O)[C@H]1[C@@H]2CCC[C@H]2CN1C(=O)[C@@H](NC(=O)[C@H](NC(=O)c1cnccn1)C1CCCCC1)C(C)(C)C)C(=O)C(=O)NC1CC1.S.S. The lowest BCUT2D eigenvalue weighted by molar-refractivity contribution is -0.146. The first-order chi connectivity index (χ1) is 23.4. The monoisotopic (exact) mass is 812 g/mol. The zero-order chi connectivity index (χ0) is 35.3. The number of carbonyl (C=O) groups is 6. The molecule has 3 aliphatic carbocycles. The van der Waals surface area contributed by atoms with Crippen LogP contribution in [-0.2, 0) is 24.0 Å². The third-order valence-electron chi connectivity index (χ3n) is 10.7. The largest absolute Gasteiger partial charge is 0.347 e. The van der Waals surface area contributed by atoms with Crippen LogP contribution in [0.15, 0.2) is 18.6 Å². The quantitative estimate of drug-likeness (QED) is 0.196. The van der Waals surface area contributed by atoms with Gasteiger partial charge in [-0.2, -0.15) is 27.0 Å². The predicted octanol–water partition coefficient (Wildman–Crippen LogP) is 5.22. The number of aromatic nitrogens is 2. The molecule has 0 radical (unpaired) electrons. The molecule has 0 aromatic carbocycles. The van der Waals surface area contributed by atoms with Crippen LogP contribution in [0.4, 0.5) is 0 Å². The normalized spacial score (nSPS) is 21.6. The van der Waals surface area contributed by atoms with Gasteiger partial charge >= 0.3 is 0 Å². The Balaban J connectivity index is 0. The molecular formula is C40H73N7O6S2. The average molecular weight is 812 g/mol. The summed E-state index contributed by atoms with van der Waals surface area (Å²) in [6.07, 6.45) is 13.9. The second-order valence-electron chi connectivity index (χ2n) is 15.5. The Morgan fingerprint density at radius 3 is 2.05 bits per heavy atom. The van der Waals surface area contributed by atoms with Gasteiger partial charge in [0.15, 0.2) is 0 Å². The number of likely N-dealkylation sites (tertiary alicyclic amines) is 1. The van der Waals surface area contributed by atoms with Gasteiger partial charge in [-0.05, 0) is 68.1 Å². The highest BCUT2D eigenvalue weighted by Crippen LogP contribution is 2.43. The topological polar surface area (TPSA) is 180 Å². The van der Waals surface area contributed by atoms with Gasteiger partial charge in [-0.3, -0.25) is 33.8 Å². The zero-order valence-electron chi connectivity index (χ0n) is 30.3. The number of carbonyl (C=O) groups excluding carboxylic acids is 6. The van der Waals surface area contributed by atoms with Crippen LogP contribution in [0, 0.1) is 23.2 Å². The summed E-state index contributed by atoms with van der Waals surface area (Å²) in [5, 5.41) is 11.5. The van der Waals surface area contributed by atoms with E-state index in [0.29, 0.717) is 19.4 Å². The van der Waals surface area contributed by atoms with E-state index in [0.717, 1.165) is 64.2 Å². The molecule has 1 aliphatic heterocycles. The Labute approximate surface area is 344 Å². The molecule has 2 heterocycles. The van der Waals surface area contributed by atoms with Crippen LogP contribution >= 0.6 is 27.0 Å². The summed E-state index contributed by atoms with van der Waals surface area (Å²) in [4.78, 5) is 91.4. The predicted molar refractivity (Wildman–Crippen MR) is 228 cm³/mol. The number of fused-ring (bicyclic) bond motifs is 1. The molecule has 55 heavy (non-hydrogen) atoms. The smallest absolute Gasteiger partial charge is 0.289 e. The van der Waals surface area contributed by atoms with Gasteiger partial charge in [0.05, 0.1) is 12.2 Å². The van der Waals surface area contributed by atoms with E-state index in [9.17, 15) is 28.8 Å². The van der Waals surface area contributed by atoms with Crippen LogP contribution < -0.4 is 21.3 Å². The Kier molecular flexibility index (Phi) is 23.3. The maximum absolute atomic E-state index is 14.6. The molecule has 4 aliphatic rings. The highest BCUT2D eigenvalue weighted by atomic mass is 32.1. The molecule has 0 spiro atoms. The van der Waals surface area contributed by atoms with E-state index < -0.39 is 59.0 Å². The van der Waals surface area contributed by atoms with Crippen molar-refractivity contribution in [3.05, 3.63) is 24.3 Å². The highest BCUT2D eigenvalue weighted by Gasteiger charge is 2.52. The highest BCUT2D eigenvalue weighted by molar-refractivity contribution is 7.59. The fourth-order valence-electron chi connectivity index (χ4n) is 7.87. The lowest BCUT2D eigenvalue weighted by atomic mass is 9.82. The molecule has 13 nitrogen and oxygen atoms in total. The lowest BCUT2D eigenvalue weighted by Gasteiger charge is -2.38. The first-order valence-corrected chi connectivity index (χ1v) is 18.2. The Morgan fingerprint density at radius 1 is 0.836 bits per heavy atom. The lowest BCUT2D eigenvalue weighted by Crippen LogP contribution is -2.62. The van der Waals surface area contributed by atoms with E-state index in [2.05, 4.69) is 31.2 Å². The second kappa shape index (κ2) is 23.8. The van der Waals surface area contributed by atoms with Crippen LogP contribution in [0.3, 0.4) is 0 Å². The van der Waals surface area contributed by atoms with E-state index in [-0.39, 0.29) is 92.1 Å². The van der Waals surface area contributed by atoms with Gasteiger partial charge in [0.25, 0.3) is 11.8 Å². The van der Waals surface area contributed by atoms with Crippen LogP contribution in [0.1, 0.15) is 145 Å². The van der Waals surface area contributed by atoms with Crippen molar-refractivity contribution >= 4 is 62.3 Å². The molecule has 5 amide bonds. The Hall–Kier alpha value is -3.20. The molecule has 0 bridgehead atoms. The molecule has 15 heteroatoms. The molecule has 4 N–H and O–H groups in total. The van der Waals surface area contributed by atoms with Crippen LogP contribution in [0.2, 0.25) is 0 Å². The number of Topliss-reactive ketones (excluding diaryl/α,β-unsaturated/α-hetero) is 1. The van der Waals surface area contributed by atoms with Gasteiger partial charge in [0.1, 0.15) is 23.8 Å². The first-order valence-electron chi connectivity index (χ1n) is 18.2. The van der Waals surface area contributed by atoms with Crippen LogP contribution in [0.5, 0.6) is 0 Å². The number of nitrogens with one attached hydrogen (secondary N) is 4. The van der Waals surface area contributed by atoms with Crippen LogP contribution in [-0.4, -0.2) is 86.9 Å². The second-order valence-corrected chi connectivity index (χ2v) is 15.5. The summed E-state index contributed by atoms with van der Waals surface area (Å²) in [5.41, 5.74) is -0.638. The van der Waals surface area contributed by atoms with Crippen molar-refractivity contribution in [1.29, 1.82) is 0 Å². The number of amides is 5. The summed E-state index contributed by atoms with van der Waals surface area (Å²) in [5.74, 6) is -3.20. The molecule has 1 aromatic heterocycles. The molecule has 6 atom stereocenters. The summed E-state index contributed by atoms with van der Waals surface area (Å²) >= 11 is 0. The standard InChI is InChI=1S/C36H53N7O6.4CH4.2H2S/c1-5-10-25(29(44)34(48)39-23-15-16-23)40-33(47)28-24-14-9-13-22(24)20-43(28)35(49)30(36(2,3)4)42-32(46)27(21-11-7-6-8-12-21)41-31(45)26-19-37-17-18-38-26;;;;;;/h17-19,21-25,27-28,30H,5-16,20H2,1-4H3,(H,39,48)(H,40,47)(H,41,45)(H,42,46);4*1H4;2*1H2/t22-,24+,25-,27+,28+,30+;;;;;;/m0....../s1. The summed E-state index contributed by atoms with van der Waals surface area (Å²) in [6, 6.07) is -3.68. The third kappa shape index (κ3) is 13.5. The van der Waals surface area contributed by atoms with Gasteiger partial charge in [0.2, 0.25) is 23.5 Å². The van der Waals surface area contributed by atoms with Gasteiger partial charge in [-0.15, -0.1) is 0 Å². The summed E-state index contributed by atoms with van der Waals surface area (Å²) in [7, 11) is 0. The van der Waals surface area contributed by atoms with E-state index in [1.165, 1.54) is 18.6 Å².